The number of piperidine rings is 1. The number of rotatable bonds is 7. The molecule has 3 atom stereocenters. The number of para-hydroxylation sites is 1. The van der Waals surface area contributed by atoms with Crippen molar-refractivity contribution < 1.29 is 36.7 Å². The van der Waals surface area contributed by atoms with Crippen LogP contribution < -0.4 is 10.2 Å². The molecule has 3 fully saturated rings. The molecule has 3 saturated heterocycles. The summed E-state index contributed by atoms with van der Waals surface area (Å²) in [7, 11) is 0. The van der Waals surface area contributed by atoms with Crippen LogP contribution in [0.15, 0.2) is 48.5 Å². The SMILES string of the molecule is C[C@@H]1Cc2c([nH]c3ccccc23)[C@@H](c2c(F)cc(N3CC(C(=O)N4CC(N5Cc6cc7c(cc6C5)C(=O)N(C5CCC(=O)NC5=O)C7=[N-])C4)C3)cc2F)N1CC(F)F. The highest BCUT2D eigenvalue weighted by atomic mass is 19.3. The van der Waals surface area contributed by atoms with Gasteiger partial charge in [0.15, 0.2) is 5.91 Å². The summed E-state index contributed by atoms with van der Waals surface area (Å²) in [5.74, 6) is -3.87. The topological polar surface area (TPSA) is 135 Å². The standard InChI is InChI=1S/C42H39F4N8O4/c1-20-8-27-26-4-2-3-5-32(26)48-37(27)38(53(20)19-34(45)46)36-30(43)11-24(12-31(36)44)50-15-23(16-50)41(57)52-17-25(18-52)51-13-21-9-28-29(10-22(21)14-51)42(58)54(39(28)47)33-6-7-35(55)49-40(33)56/h2-5,9-12,20,23,25,33-34,38,48H,6-8,13-19H2,1H3,(H,49,55,56)/q-1/t20-,33?,38-/m1/s1. The molecule has 4 amide bonds. The minimum atomic E-state index is -2.70. The summed E-state index contributed by atoms with van der Waals surface area (Å²) in [6.07, 6.45) is -2.04. The van der Waals surface area contributed by atoms with Crippen LogP contribution in [0.2, 0.25) is 0 Å². The fourth-order valence-electron chi connectivity index (χ4n) is 9.92. The Balaban J connectivity index is 0.776. The Morgan fingerprint density at radius 1 is 0.948 bits per heavy atom. The van der Waals surface area contributed by atoms with E-state index in [4.69, 9.17) is 0 Å². The molecule has 7 heterocycles. The molecule has 2 N–H and O–H groups in total. The van der Waals surface area contributed by atoms with E-state index in [0.29, 0.717) is 49.4 Å². The molecule has 0 spiro atoms. The van der Waals surface area contributed by atoms with E-state index < -0.39 is 60.5 Å². The molecule has 4 aromatic rings. The molecule has 0 aliphatic carbocycles. The molecule has 3 aromatic carbocycles. The van der Waals surface area contributed by atoms with Crippen LogP contribution in [0.1, 0.15) is 69.7 Å². The van der Waals surface area contributed by atoms with Crippen LogP contribution in [-0.4, -0.2) is 111 Å². The molecule has 6 aliphatic heterocycles. The molecule has 0 radical (unpaired) electrons. The number of nitrogens with zero attached hydrogens (tertiary/aromatic N) is 6. The van der Waals surface area contributed by atoms with Crippen LogP contribution in [0.25, 0.3) is 16.3 Å². The van der Waals surface area contributed by atoms with Gasteiger partial charge in [-0.3, -0.25) is 34.3 Å². The summed E-state index contributed by atoms with van der Waals surface area (Å²) in [6, 6.07) is 11.1. The van der Waals surface area contributed by atoms with Gasteiger partial charge in [-0.1, -0.05) is 24.0 Å². The summed E-state index contributed by atoms with van der Waals surface area (Å²) in [6.45, 7) is 3.84. The van der Waals surface area contributed by atoms with E-state index in [1.165, 1.54) is 17.0 Å². The lowest BCUT2D eigenvalue weighted by atomic mass is 9.87. The van der Waals surface area contributed by atoms with Crippen molar-refractivity contribution in [2.24, 2.45) is 5.92 Å². The number of nitrogens with one attached hydrogen (secondary N) is 2. The number of benzene rings is 3. The van der Waals surface area contributed by atoms with Gasteiger partial charge in [0, 0.05) is 97.2 Å². The van der Waals surface area contributed by atoms with E-state index in [2.05, 4.69) is 15.2 Å². The van der Waals surface area contributed by atoms with Gasteiger partial charge in [-0.2, -0.15) is 0 Å². The summed E-state index contributed by atoms with van der Waals surface area (Å²) in [4.78, 5) is 62.4. The van der Waals surface area contributed by atoms with Gasteiger partial charge < -0.3 is 25.1 Å². The quantitative estimate of drug-likeness (QED) is 0.211. The maximum Gasteiger partial charge on any atom is 0.251 e. The third kappa shape index (κ3) is 5.74. The van der Waals surface area contributed by atoms with Crippen molar-refractivity contribution in [1.29, 1.82) is 0 Å². The number of aromatic nitrogens is 1. The van der Waals surface area contributed by atoms with Crippen molar-refractivity contribution in [3.8, 4) is 0 Å². The Morgan fingerprint density at radius 2 is 1.64 bits per heavy atom. The van der Waals surface area contributed by atoms with Gasteiger partial charge in [0.05, 0.1) is 18.5 Å². The second-order valence-corrected chi connectivity index (χ2v) is 16.5. The number of H-pyrrole nitrogens is 1. The molecule has 0 saturated carbocycles. The Morgan fingerprint density at radius 3 is 2.33 bits per heavy atom. The number of aromatic amines is 1. The number of anilines is 1. The number of imide groups is 1. The molecule has 1 aromatic heterocycles. The zero-order valence-electron chi connectivity index (χ0n) is 31.5. The summed E-state index contributed by atoms with van der Waals surface area (Å²) in [5.41, 5.74) is 4.68. The van der Waals surface area contributed by atoms with Gasteiger partial charge in [0.25, 0.3) is 6.43 Å². The van der Waals surface area contributed by atoms with Crippen molar-refractivity contribution in [2.45, 2.75) is 69.9 Å². The van der Waals surface area contributed by atoms with Crippen LogP contribution in [0.4, 0.5) is 23.2 Å². The number of amides is 4. The van der Waals surface area contributed by atoms with Crippen LogP contribution in [0.5, 0.6) is 0 Å². The number of carbonyl (C=O) groups is 4. The third-order valence-electron chi connectivity index (χ3n) is 13.0. The first-order chi connectivity index (χ1) is 27.8. The summed E-state index contributed by atoms with van der Waals surface area (Å²) in [5, 5.41) is 14.1. The lowest BCUT2D eigenvalue weighted by Gasteiger charge is -2.48. The summed E-state index contributed by atoms with van der Waals surface area (Å²) < 4.78 is 60.0. The first-order valence-electron chi connectivity index (χ1n) is 19.6. The van der Waals surface area contributed by atoms with Crippen molar-refractivity contribution in [1.82, 2.24) is 29.9 Å². The molecule has 1 unspecified atom stereocenters. The van der Waals surface area contributed by atoms with E-state index in [-0.39, 0.29) is 60.9 Å². The second-order valence-electron chi connectivity index (χ2n) is 16.5. The van der Waals surface area contributed by atoms with Crippen LogP contribution in [0, 0.1) is 17.6 Å². The molecule has 6 aliphatic rings. The van der Waals surface area contributed by atoms with Gasteiger partial charge in [0.1, 0.15) is 11.6 Å². The van der Waals surface area contributed by atoms with E-state index in [1.807, 2.05) is 24.3 Å². The normalized spacial score (nSPS) is 24.0. The lowest BCUT2D eigenvalue weighted by Crippen LogP contribution is -2.64. The van der Waals surface area contributed by atoms with E-state index >= 15 is 8.78 Å². The second kappa shape index (κ2) is 13.5. The van der Waals surface area contributed by atoms with Crippen LogP contribution in [0.3, 0.4) is 0 Å². The largest absolute Gasteiger partial charge is 0.464 e. The van der Waals surface area contributed by atoms with Gasteiger partial charge in [-0.15, -0.1) is 0 Å². The van der Waals surface area contributed by atoms with Crippen molar-refractivity contribution in [3.05, 3.63) is 105 Å². The Kier molecular flexibility index (Phi) is 8.53. The van der Waals surface area contributed by atoms with Crippen molar-refractivity contribution in [3.63, 3.8) is 0 Å². The van der Waals surface area contributed by atoms with E-state index in [0.717, 1.165) is 32.5 Å². The molecule has 12 nitrogen and oxygen atoms in total. The molecule has 0 bridgehead atoms. The molecular weight excluding hydrogens is 757 g/mol. The van der Waals surface area contributed by atoms with Crippen molar-refractivity contribution >= 4 is 46.1 Å². The van der Waals surface area contributed by atoms with Crippen molar-refractivity contribution in [2.75, 3.05) is 37.6 Å². The van der Waals surface area contributed by atoms with Gasteiger partial charge in [-0.05, 0) is 72.4 Å². The van der Waals surface area contributed by atoms with Gasteiger partial charge in [0.2, 0.25) is 17.7 Å². The number of fused-ring (bicyclic) bond motifs is 5. The lowest BCUT2D eigenvalue weighted by molar-refractivity contribution is -0.144. The minimum Gasteiger partial charge on any atom is -0.464 e. The van der Waals surface area contributed by atoms with Crippen LogP contribution in [-0.2, 0) is 33.9 Å². The summed E-state index contributed by atoms with van der Waals surface area (Å²) >= 11 is 0. The highest BCUT2D eigenvalue weighted by Crippen LogP contribution is 2.44. The van der Waals surface area contributed by atoms with Gasteiger partial charge in [-0.25, -0.2) is 17.6 Å². The molecule has 300 valence electrons. The monoisotopic (exact) mass is 795 g/mol. The highest BCUT2D eigenvalue weighted by molar-refractivity contribution is 6.26. The number of hydrogen-bond donors (Lipinski definition) is 2. The van der Waals surface area contributed by atoms with Gasteiger partial charge >= 0.3 is 0 Å². The first-order valence-corrected chi connectivity index (χ1v) is 19.6. The van der Waals surface area contributed by atoms with Crippen LogP contribution >= 0.6 is 0 Å². The number of amidine groups is 1. The molecule has 10 rings (SSSR count). The zero-order chi connectivity index (χ0) is 40.3. The van der Waals surface area contributed by atoms with E-state index in [9.17, 15) is 33.4 Å². The Hall–Kier alpha value is -5.61. The predicted molar refractivity (Wildman–Crippen MR) is 204 cm³/mol. The maximum atomic E-state index is 16.1. The van der Waals surface area contributed by atoms with E-state index in [1.54, 1.807) is 28.9 Å². The highest BCUT2D eigenvalue weighted by Gasteiger charge is 2.45. The molecular formula is C42H39F4N8O4-. The fourth-order valence-corrected chi connectivity index (χ4v) is 9.92. The number of likely N-dealkylation sites (tertiary alicyclic amines) is 1. The minimum absolute atomic E-state index is 0.0374. The Bertz CT molecular complexity index is 2390. The number of carbonyl (C=O) groups excluding carboxylic acids is 4. The average molecular weight is 796 g/mol. The predicted octanol–water partition coefficient (Wildman–Crippen LogP) is 4.29. The average Bonchev–Trinajstić information content (AvgIpc) is 3.78. The maximum absolute atomic E-state index is 16.1. The number of hydrogen-bond acceptors (Lipinski definition) is 7. The fraction of sp³-hybridized carbons (Fsp3) is 0.405. The first kappa shape index (κ1) is 36.7. The number of halogens is 4. The number of alkyl halides is 2. The third-order valence-corrected chi connectivity index (χ3v) is 13.0. The smallest absolute Gasteiger partial charge is 0.251 e. The zero-order valence-corrected chi connectivity index (χ0v) is 31.5. The molecule has 58 heavy (non-hydrogen) atoms. The molecule has 16 heteroatoms. The Labute approximate surface area is 330 Å².